The lowest BCUT2D eigenvalue weighted by Crippen LogP contribution is -2.47. The highest BCUT2D eigenvalue weighted by Gasteiger charge is 2.29. The second-order valence-electron chi connectivity index (χ2n) is 9.32. The molecule has 0 unspecified atom stereocenters. The maximum atomic E-state index is 12.7. The topological polar surface area (TPSA) is 143 Å². The molecule has 3 rings (SSSR count). The molecular weight excluding hydrogens is 404 g/mol. The average Bonchev–Trinajstić information content (AvgIpc) is 3.07. The van der Waals surface area contributed by atoms with Gasteiger partial charge < -0.3 is 32.4 Å². The smallest absolute Gasteiger partial charge is 0.344 e. The predicted octanol–water partition coefficient (Wildman–Crippen LogP) is 2.28. The number of quaternary nitrogens is 2. The normalized spacial score (nSPS) is 14.8. The van der Waals surface area contributed by atoms with Crippen LogP contribution in [0.5, 0.6) is 5.75 Å². The summed E-state index contributed by atoms with van der Waals surface area (Å²) < 4.78 is 11.5. The second-order valence-corrected chi connectivity index (χ2v) is 9.32. The number of fused-ring (bicyclic) bond motifs is 1. The van der Waals surface area contributed by atoms with Crippen LogP contribution in [0.2, 0.25) is 0 Å². The van der Waals surface area contributed by atoms with Gasteiger partial charge in [0.1, 0.15) is 29.2 Å². The van der Waals surface area contributed by atoms with E-state index in [2.05, 4.69) is 18.0 Å². The van der Waals surface area contributed by atoms with Crippen LogP contribution in [0.1, 0.15) is 59.8 Å². The van der Waals surface area contributed by atoms with Crippen LogP contribution < -0.4 is 27.7 Å². The van der Waals surface area contributed by atoms with E-state index in [1.807, 2.05) is 45.9 Å². The number of rotatable bonds is 5. The zero-order valence-corrected chi connectivity index (χ0v) is 19.4. The molecular formula is C25H34N4O3+2. The molecule has 10 N–H and O–H groups in total. The number of hydrogen-bond donors (Lipinski definition) is 4. The van der Waals surface area contributed by atoms with Crippen LogP contribution in [0.15, 0.2) is 36.9 Å². The Bertz CT molecular complexity index is 1110. The molecule has 0 aromatic heterocycles. The van der Waals surface area contributed by atoms with Crippen molar-refractivity contribution in [2.24, 2.45) is 11.5 Å². The number of carbonyl (C=O) groups excluding carboxylic acids is 1. The van der Waals surface area contributed by atoms with E-state index >= 15 is 0 Å². The monoisotopic (exact) mass is 438 g/mol. The van der Waals surface area contributed by atoms with Gasteiger partial charge in [0, 0.05) is 23.6 Å². The van der Waals surface area contributed by atoms with Crippen molar-refractivity contribution < 1.29 is 25.7 Å². The van der Waals surface area contributed by atoms with Gasteiger partial charge in [-0.05, 0) is 57.0 Å². The number of aryl methyl sites for hydroxylation is 1. The number of nitrogens with two attached hydrogens (primary N) is 2. The van der Waals surface area contributed by atoms with Crippen LogP contribution in [0.4, 0.5) is 11.4 Å². The summed E-state index contributed by atoms with van der Waals surface area (Å²) in [6, 6.07) is 7.39. The fourth-order valence-corrected chi connectivity index (χ4v) is 3.84. The van der Waals surface area contributed by atoms with Crippen molar-refractivity contribution in [3.63, 3.8) is 0 Å². The molecule has 2 aromatic carbocycles. The Morgan fingerprint density at radius 2 is 1.94 bits per heavy atom. The zero-order valence-electron chi connectivity index (χ0n) is 19.4. The first kappa shape index (κ1) is 23.7. The molecule has 0 fully saturated rings. The van der Waals surface area contributed by atoms with E-state index < -0.39 is 17.2 Å². The van der Waals surface area contributed by atoms with Crippen molar-refractivity contribution in [1.82, 2.24) is 0 Å². The SMILES string of the molecule is C=CCC(N)(N)c1cc(C)c2c(c1)OCC2=Cc1c([NH3+])ccc(C(=O)OC(C)(C)C)c1[NH3+]. The van der Waals surface area contributed by atoms with Crippen LogP contribution in [0, 0.1) is 6.92 Å². The highest BCUT2D eigenvalue weighted by Crippen LogP contribution is 2.40. The Kier molecular flexibility index (Phi) is 6.31. The molecule has 0 amide bonds. The van der Waals surface area contributed by atoms with Gasteiger partial charge >= 0.3 is 5.97 Å². The molecule has 0 atom stereocenters. The summed E-state index contributed by atoms with van der Waals surface area (Å²) in [5.74, 6) is 0.325. The molecule has 1 aliphatic rings. The molecule has 1 aliphatic heterocycles. The van der Waals surface area contributed by atoms with Gasteiger partial charge in [-0.1, -0.05) is 12.1 Å². The van der Waals surface area contributed by atoms with Gasteiger partial charge in [-0.2, -0.15) is 0 Å². The van der Waals surface area contributed by atoms with Crippen LogP contribution >= 0.6 is 0 Å². The van der Waals surface area contributed by atoms with Crippen molar-refractivity contribution in [1.29, 1.82) is 0 Å². The molecule has 0 saturated heterocycles. The molecule has 2 aromatic rings. The average molecular weight is 439 g/mol. The molecule has 7 nitrogen and oxygen atoms in total. The summed E-state index contributed by atoms with van der Waals surface area (Å²) in [6.45, 7) is 11.6. The van der Waals surface area contributed by atoms with Gasteiger partial charge in [-0.15, -0.1) is 6.58 Å². The summed E-state index contributed by atoms with van der Waals surface area (Å²) in [5.41, 5.74) is 25.5. The number of carbonyl (C=O) groups is 1. The number of benzene rings is 2. The van der Waals surface area contributed by atoms with Gasteiger partial charge in [-0.3, -0.25) is 0 Å². The Morgan fingerprint density at radius 3 is 2.56 bits per heavy atom. The first-order chi connectivity index (χ1) is 14.8. The number of esters is 1. The lowest BCUT2D eigenvalue weighted by molar-refractivity contribution is -0.266. The van der Waals surface area contributed by atoms with Crippen LogP contribution in [0.3, 0.4) is 0 Å². The Morgan fingerprint density at radius 1 is 1.25 bits per heavy atom. The summed E-state index contributed by atoms with van der Waals surface area (Å²) >= 11 is 0. The van der Waals surface area contributed by atoms with Crippen LogP contribution in [-0.2, 0) is 10.4 Å². The summed E-state index contributed by atoms with van der Waals surface area (Å²) in [7, 11) is 0. The van der Waals surface area contributed by atoms with Crippen molar-refractivity contribution in [2.75, 3.05) is 6.61 Å². The van der Waals surface area contributed by atoms with Crippen molar-refractivity contribution >= 4 is 29.0 Å². The van der Waals surface area contributed by atoms with Crippen LogP contribution in [0.25, 0.3) is 11.6 Å². The Hall–Kier alpha value is -2.97. The Labute approximate surface area is 189 Å². The molecule has 0 aliphatic carbocycles. The van der Waals surface area contributed by atoms with Crippen molar-refractivity contribution in [2.45, 2.75) is 45.4 Å². The van der Waals surface area contributed by atoms with Crippen molar-refractivity contribution in [3.8, 4) is 5.75 Å². The molecule has 0 spiro atoms. The van der Waals surface area contributed by atoms with Gasteiger partial charge in [0.2, 0.25) is 0 Å². The van der Waals surface area contributed by atoms with E-state index in [9.17, 15) is 4.79 Å². The van der Waals surface area contributed by atoms with E-state index in [4.69, 9.17) is 20.9 Å². The minimum Gasteiger partial charge on any atom is -0.488 e. The van der Waals surface area contributed by atoms with Gasteiger partial charge in [-0.25, -0.2) is 4.79 Å². The lowest BCUT2D eigenvalue weighted by Gasteiger charge is -2.24. The zero-order chi connectivity index (χ0) is 23.8. The lowest BCUT2D eigenvalue weighted by atomic mass is 9.91. The molecule has 0 bridgehead atoms. The minimum atomic E-state index is -1.01. The fraction of sp³-hybridized carbons (Fsp3) is 0.320. The maximum Gasteiger partial charge on any atom is 0.344 e. The molecule has 170 valence electrons. The summed E-state index contributed by atoms with van der Waals surface area (Å²) in [4.78, 5) is 12.7. The highest BCUT2D eigenvalue weighted by molar-refractivity contribution is 5.99. The van der Waals surface area contributed by atoms with Gasteiger partial charge in [0.25, 0.3) is 0 Å². The third-order valence-electron chi connectivity index (χ3n) is 5.41. The van der Waals surface area contributed by atoms with E-state index in [1.165, 1.54) is 0 Å². The first-order valence-electron chi connectivity index (χ1n) is 10.6. The standard InChI is InChI=1S/C25H32N4O3/c1-6-9-25(28,29)16-10-14(2)21-15(13-31-20(21)12-16)11-18-19(26)8-7-17(22(18)27)23(30)32-24(3,4)5/h6-8,10-12H,1,9,13,26-29H2,2-5H3/p+2. The van der Waals surface area contributed by atoms with Gasteiger partial charge in [0.15, 0.2) is 5.69 Å². The second kappa shape index (κ2) is 8.52. The Balaban J connectivity index is 2.05. The molecule has 32 heavy (non-hydrogen) atoms. The fourth-order valence-electron chi connectivity index (χ4n) is 3.84. The van der Waals surface area contributed by atoms with E-state index in [-0.39, 0.29) is 0 Å². The molecule has 0 saturated carbocycles. The molecule has 1 heterocycles. The highest BCUT2D eigenvalue weighted by atomic mass is 16.6. The first-order valence-corrected chi connectivity index (χ1v) is 10.6. The largest absolute Gasteiger partial charge is 0.488 e. The number of hydrogen-bond acceptors (Lipinski definition) is 5. The predicted molar refractivity (Wildman–Crippen MR) is 126 cm³/mol. The minimum absolute atomic E-state index is 0.388. The van der Waals surface area contributed by atoms with Gasteiger partial charge in [0.05, 0.1) is 11.2 Å². The van der Waals surface area contributed by atoms with Crippen molar-refractivity contribution in [3.05, 3.63) is 64.7 Å². The number of ether oxygens (including phenoxy) is 2. The van der Waals surface area contributed by atoms with E-state index in [0.717, 1.165) is 39.3 Å². The van der Waals surface area contributed by atoms with E-state index in [1.54, 1.807) is 18.2 Å². The van der Waals surface area contributed by atoms with Crippen LogP contribution in [-0.4, -0.2) is 18.2 Å². The van der Waals surface area contributed by atoms with E-state index in [0.29, 0.717) is 24.3 Å². The molecule has 7 heteroatoms. The third-order valence-corrected chi connectivity index (χ3v) is 5.41. The third kappa shape index (κ3) is 4.76. The maximum absolute atomic E-state index is 12.7. The molecule has 0 radical (unpaired) electrons. The summed E-state index contributed by atoms with van der Waals surface area (Å²) in [6.07, 6.45) is 4.14. The quantitative estimate of drug-likeness (QED) is 0.322. The summed E-state index contributed by atoms with van der Waals surface area (Å²) in [5, 5.41) is 0.